The van der Waals surface area contributed by atoms with Crippen LogP contribution < -0.4 is 11.3 Å². The molecule has 2 aliphatic rings. The highest BCUT2D eigenvalue weighted by Gasteiger charge is 2.35. The largest absolute Gasteiger partial charge is 0.381 e. The van der Waals surface area contributed by atoms with Crippen LogP contribution in [0.25, 0.3) is 0 Å². The van der Waals surface area contributed by atoms with Gasteiger partial charge in [0.2, 0.25) is 0 Å². The molecule has 2 fully saturated rings. The SMILES string of the molecule is CC1(C)CCC(C(NN)C2CCOCC2)CC1. The lowest BCUT2D eigenvalue weighted by Crippen LogP contribution is -2.49. The van der Waals surface area contributed by atoms with Crippen molar-refractivity contribution in [2.45, 2.75) is 58.4 Å². The summed E-state index contributed by atoms with van der Waals surface area (Å²) in [5.41, 5.74) is 3.66. The molecule has 0 aromatic rings. The summed E-state index contributed by atoms with van der Waals surface area (Å²) >= 11 is 0. The molecule has 0 spiro atoms. The monoisotopic (exact) mass is 240 g/mol. The molecule has 100 valence electrons. The average Bonchev–Trinajstić information content (AvgIpc) is 2.33. The van der Waals surface area contributed by atoms with Gasteiger partial charge in [-0.25, -0.2) is 0 Å². The van der Waals surface area contributed by atoms with E-state index in [2.05, 4.69) is 19.3 Å². The van der Waals surface area contributed by atoms with Crippen molar-refractivity contribution in [3.8, 4) is 0 Å². The maximum absolute atomic E-state index is 5.81. The molecule has 1 heterocycles. The average molecular weight is 240 g/mol. The lowest BCUT2D eigenvalue weighted by atomic mass is 9.68. The summed E-state index contributed by atoms with van der Waals surface area (Å²) in [6.07, 6.45) is 7.71. The molecule has 1 aliphatic carbocycles. The third-order valence-corrected chi connectivity index (χ3v) is 4.86. The molecule has 0 bridgehead atoms. The fourth-order valence-electron chi connectivity index (χ4n) is 3.51. The molecular formula is C14H28N2O. The van der Waals surface area contributed by atoms with Crippen LogP contribution in [0.15, 0.2) is 0 Å². The molecule has 3 heteroatoms. The maximum atomic E-state index is 5.81. The second-order valence-corrected chi connectivity index (χ2v) is 6.64. The van der Waals surface area contributed by atoms with Crippen LogP contribution in [0.3, 0.4) is 0 Å². The molecule has 3 N–H and O–H groups in total. The van der Waals surface area contributed by atoms with Crippen molar-refractivity contribution < 1.29 is 4.74 Å². The van der Waals surface area contributed by atoms with E-state index in [0.717, 1.165) is 25.0 Å². The van der Waals surface area contributed by atoms with Gasteiger partial charge in [-0.3, -0.25) is 11.3 Å². The highest BCUT2D eigenvalue weighted by atomic mass is 16.5. The predicted octanol–water partition coefficient (Wildman–Crippen LogP) is 2.46. The molecule has 1 atom stereocenters. The highest BCUT2D eigenvalue weighted by Crippen LogP contribution is 2.41. The second-order valence-electron chi connectivity index (χ2n) is 6.64. The van der Waals surface area contributed by atoms with E-state index in [1.54, 1.807) is 0 Å². The summed E-state index contributed by atoms with van der Waals surface area (Å²) < 4.78 is 5.45. The van der Waals surface area contributed by atoms with Crippen LogP contribution in [0.5, 0.6) is 0 Å². The van der Waals surface area contributed by atoms with Gasteiger partial charge in [-0.1, -0.05) is 13.8 Å². The normalized spacial score (nSPS) is 29.1. The van der Waals surface area contributed by atoms with Gasteiger partial charge in [0.1, 0.15) is 0 Å². The fourth-order valence-corrected chi connectivity index (χ4v) is 3.51. The first-order valence-electron chi connectivity index (χ1n) is 7.16. The van der Waals surface area contributed by atoms with Crippen molar-refractivity contribution in [1.29, 1.82) is 0 Å². The van der Waals surface area contributed by atoms with Crippen molar-refractivity contribution in [3.05, 3.63) is 0 Å². The topological polar surface area (TPSA) is 47.3 Å². The Morgan fingerprint density at radius 3 is 2.12 bits per heavy atom. The van der Waals surface area contributed by atoms with Crippen molar-refractivity contribution in [2.75, 3.05) is 13.2 Å². The molecule has 2 rings (SSSR count). The molecule has 1 unspecified atom stereocenters. The Hall–Kier alpha value is -0.120. The van der Waals surface area contributed by atoms with Crippen molar-refractivity contribution in [3.63, 3.8) is 0 Å². The Morgan fingerprint density at radius 1 is 1.06 bits per heavy atom. The van der Waals surface area contributed by atoms with Gasteiger partial charge in [0, 0.05) is 19.3 Å². The molecule has 0 amide bonds. The Labute approximate surface area is 105 Å². The summed E-state index contributed by atoms with van der Waals surface area (Å²) in [5, 5.41) is 0. The molecule has 1 saturated carbocycles. The first-order chi connectivity index (χ1) is 8.12. The first kappa shape index (κ1) is 13.3. The van der Waals surface area contributed by atoms with Crippen LogP contribution in [0.4, 0.5) is 0 Å². The maximum Gasteiger partial charge on any atom is 0.0469 e. The van der Waals surface area contributed by atoms with E-state index in [0.29, 0.717) is 11.5 Å². The predicted molar refractivity (Wildman–Crippen MR) is 70.4 cm³/mol. The number of hydrogen-bond donors (Lipinski definition) is 2. The molecule has 17 heavy (non-hydrogen) atoms. The van der Waals surface area contributed by atoms with Gasteiger partial charge in [-0.15, -0.1) is 0 Å². The number of rotatable bonds is 3. The van der Waals surface area contributed by atoms with Crippen molar-refractivity contribution >= 4 is 0 Å². The van der Waals surface area contributed by atoms with Gasteiger partial charge in [0.15, 0.2) is 0 Å². The van der Waals surface area contributed by atoms with E-state index in [-0.39, 0.29) is 0 Å². The zero-order valence-electron chi connectivity index (χ0n) is 11.4. The first-order valence-corrected chi connectivity index (χ1v) is 7.16. The Balaban J connectivity index is 1.89. The van der Waals surface area contributed by atoms with E-state index in [4.69, 9.17) is 10.6 Å². The minimum absolute atomic E-state index is 0.509. The molecular weight excluding hydrogens is 212 g/mol. The quantitative estimate of drug-likeness (QED) is 0.588. The van der Waals surface area contributed by atoms with Gasteiger partial charge in [0.05, 0.1) is 0 Å². The highest BCUT2D eigenvalue weighted by molar-refractivity contribution is 4.88. The van der Waals surface area contributed by atoms with Gasteiger partial charge in [-0.2, -0.15) is 0 Å². The van der Waals surface area contributed by atoms with Crippen LogP contribution in [0.2, 0.25) is 0 Å². The van der Waals surface area contributed by atoms with E-state index in [1.165, 1.54) is 38.5 Å². The van der Waals surface area contributed by atoms with Crippen LogP contribution in [0.1, 0.15) is 52.4 Å². The molecule has 1 aliphatic heterocycles. The summed E-state index contributed by atoms with van der Waals surface area (Å²) in [7, 11) is 0. The van der Waals surface area contributed by atoms with E-state index < -0.39 is 0 Å². The zero-order chi connectivity index (χ0) is 12.3. The van der Waals surface area contributed by atoms with E-state index in [9.17, 15) is 0 Å². The Morgan fingerprint density at radius 2 is 1.59 bits per heavy atom. The standard InChI is InChI=1S/C14H28N2O/c1-14(2)7-3-11(4-8-14)13(16-15)12-5-9-17-10-6-12/h11-13,16H,3-10,15H2,1-2H3. The number of nitrogens with two attached hydrogens (primary N) is 1. The van der Waals surface area contributed by atoms with Gasteiger partial charge in [0.25, 0.3) is 0 Å². The number of nitrogens with one attached hydrogen (secondary N) is 1. The van der Waals surface area contributed by atoms with E-state index >= 15 is 0 Å². The smallest absolute Gasteiger partial charge is 0.0469 e. The lowest BCUT2D eigenvalue weighted by Gasteiger charge is -2.41. The molecule has 0 aromatic heterocycles. The van der Waals surface area contributed by atoms with Crippen LogP contribution >= 0.6 is 0 Å². The zero-order valence-corrected chi connectivity index (χ0v) is 11.4. The second kappa shape index (κ2) is 5.68. The third-order valence-electron chi connectivity index (χ3n) is 4.86. The minimum atomic E-state index is 0.509. The fraction of sp³-hybridized carbons (Fsp3) is 1.00. The molecule has 1 saturated heterocycles. The third kappa shape index (κ3) is 3.43. The van der Waals surface area contributed by atoms with Crippen LogP contribution in [-0.2, 0) is 4.74 Å². The van der Waals surface area contributed by atoms with Crippen LogP contribution in [-0.4, -0.2) is 19.3 Å². The van der Waals surface area contributed by atoms with Crippen molar-refractivity contribution in [2.24, 2.45) is 23.1 Å². The lowest BCUT2D eigenvalue weighted by molar-refractivity contribution is 0.0347. The van der Waals surface area contributed by atoms with Gasteiger partial charge in [-0.05, 0) is 55.8 Å². The molecule has 3 nitrogen and oxygen atoms in total. The summed E-state index contributed by atoms with van der Waals surface area (Å²) in [6.45, 7) is 6.62. The van der Waals surface area contributed by atoms with Gasteiger partial charge >= 0.3 is 0 Å². The van der Waals surface area contributed by atoms with Gasteiger partial charge < -0.3 is 4.74 Å². The number of hydrazine groups is 1. The minimum Gasteiger partial charge on any atom is -0.381 e. The van der Waals surface area contributed by atoms with Crippen molar-refractivity contribution in [1.82, 2.24) is 5.43 Å². The Bertz CT molecular complexity index is 226. The summed E-state index contributed by atoms with van der Waals surface area (Å²) in [4.78, 5) is 0. The van der Waals surface area contributed by atoms with E-state index in [1.807, 2.05) is 0 Å². The molecule has 0 aromatic carbocycles. The molecule has 0 radical (unpaired) electrons. The Kier molecular flexibility index (Phi) is 4.45. The number of hydrogen-bond acceptors (Lipinski definition) is 3. The number of ether oxygens (including phenoxy) is 1. The summed E-state index contributed by atoms with van der Waals surface area (Å²) in [6, 6.07) is 0.509. The summed E-state index contributed by atoms with van der Waals surface area (Å²) in [5.74, 6) is 7.31. The van der Waals surface area contributed by atoms with Crippen LogP contribution in [0, 0.1) is 17.3 Å².